The van der Waals surface area contributed by atoms with Gasteiger partial charge in [0.2, 0.25) is 0 Å². The molecule has 2 rings (SSSR count). The van der Waals surface area contributed by atoms with Gasteiger partial charge in [-0.3, -0.25) is 0 Å². The highest BCUT2D eigenvalue weighted by atomic mass is 15.0. The van der Waals surface area contributed by atoms with Crippen LogP contribution >= 0.6 is 0 Å². The molecule has 2 heteroatoms. The predicted molar refractivity (Wildman–Crippen MR) is 56.8 cm³/mol. The SMILES string of the molecule is Cc1cccc(N)c1NC1CC1C. The summed E-state index contributed by atoms with van der Waals surface area (Å²) in [4.78, 5) is 0. The van der Waals surface area contributed by atoms with Crippen molar-refractivity contribution >= 4 is 11.4 Å². The van der Waals surface area contributed by atoms with Crippen LogP contribution in [0.15, 0.2) is 18.2 Å². The minimum atomic E-state index is 0.642. The van der Waals surface area contributed by atoms with Crippen molar-refractivity contribution < 1.29 is 0 Å². The Labute approximate surface area is 79.1 Å². The molecule has 13 heavy (non-hydrogen) atoms. The van der Waals surface area contributed by atoms with Gasteiger partial charge in [-0.15, -0.1) is 0 Å². The molecule has 1 aromatic carbocycles. The maximum atomic E-state index is 5.88. The van der Waals surface area contributed by atoms with Crippen LogP contribution in [0.25, 0.3) is 0 Å². The largest absolute Gasteiger partial charge is 0.397 e. The lowest BCUT2D eigenvalue weighted by Crippen LogP contribution is -2.07. The number of nitrogen functional groups attached to an aromatic ring is 1. The quantitative estimate of drug-likeness (QED) is 0.679. The topological polar surface area (TPSA) is 38.0 Å². The van der Waals surface area contributed by atoms with Crippen molar-refractivity contribution in [1.82, 2.24) is 0 Å². The maximum absolute atomic E-state index is 5.88. The first-order valence-corrected chi connectivity index (χ1v) is 4.80. The molecular weight excluding hydrogens is 160 g/mol. The van der Waals surface area contributed by atoms with Gasteiger partial charge in [0.25, 0.3) is 0 Å². The number of hydrogen-bond acceptors (Lipinski definition) is 2. The third-order valence-corrected chi connectivity index (χ3v) is 2.74. The van der Waals surface area contributed by atoms with Gasteiger partial charge in [0.15, 0.2) is 0 Å². The van der Waals surface area contributed by atoms with Crippen LogP contribution in [-0.4, -0.2) is 6.04 Å². The first-order valence-electron chi connectivity index (χ1n) is 4.80. The molecule has 0 bridgehead atoms. The van der Waals surface area contributed by atoms with Gasteiger partial charge in [0.1, 0.15) is 0 Å². The Hall–Kier alpha value is -1.18. The molecule has 2 atom stereocenters. The smallest absolute Gasteiger partial charge is 0.0605 e. The van der Waals surface area contributed by atoms with E-state index in [1.165, 1.54) is 12.0 Å². The van der Waals surface area contributed by atoms with Gasteiger partial charge in [0, 0.05) is 6.04 Å². The van der Waals surface area contributed by atoms with Crippen LogP contribution < -0.4 is 11.1 Å². The highest BCUT2D eigenvalue weighted by molar-refractivity contribution is 5.70. The lowest BCUT2D eigenvalue weighted by molar-refractivity contribution is 0.928. The lowest BCUT2D eigenvalue weighted by Gasteiger charge is -2.11. The van der Waals surface area contributed by atoms with E-state index in [4.69, 9.17) is 5.73 Å². The average molecular weight is 176 g/mol. The van der Waals surface area contributed by atoms with Gasteiger partial charge < -0.3 is 11.1 Å². The first-order chi connectivity index (χ1) is 6.18. The summed E-state index contributed by atoms with van der Waals surface area (Å²) >= 11 is 0. The molecular formula is C11H16N2. The molecule has 0 aliphatic heterocycles. The van der Waals surface area contributed by atoms with E-state index in [0.717, 1.165) is 17.3 Å². The number of aryl methyl sites for hydroxylation is 1. The maximum Gasteiger partial charge on any atom is 0.0605 e. The van der Waals surface area contributed by atoms with Crippen molar-refractivity contribution in [2.24, 2.45) is 5.92 Å². The second-order valence-electron chi connectivity index (χ2n) is 4.00. The summed E-state index contributed by atoms with van der Waals surface area (Å²) in [5, 5.41) is 3.48. The van der Waals surface area contributed by atoms with E-state index in [0.29, 0.717) is 6.04 Å². The van der Waals surface area contributed by atoms with Gasteiger partial charge in [-0.2, -0.15) is 0 Å². The van der Waals surface area contributed by atoms with Crippen LogP contribution in [0.4, 0.5) is 11.4 Å². The molecule has 70 valence electrons. The van der Waals surface area contributed by atoms with E-state index in [1.54, 1.807) is 0 Å². The first kappa shape index (κ1) is 8.42. The minimum Gasteiger partial charge on any atom is -0.397 e. The fourth-order valence-corrected chi connectivity index (χ4v) is 1.60. The second kappa shape index (κ2) is 2.95. The summed E-state index contributed by atoms with van der Waals surface area (Å²) in [7, 11) is 0. The average Bonchev–Trinajstić information content (AvgIpc) is 2.75. The van der Waals surface area contributed by atoms with Crippen LogP contribution in [0.2, 0.25) is 0 Å². The molecule has 0 heterocycles. The van der Waals surface area contributed by atoms with Crippen molar-refractivity contribution in [3.05, 3.63) is 23.8 Å². The van der Waals surface area contributed by atoms with Gasteiger partial charge in [0.05, 0.1) is 11.4 Å². The van der Waals surface area contributed by atoms with E-state index >= 15 is 0 Å². The van der Waals surface area contributed by atoms with Crippen molar-refractivity contribution in [1.29, 1.82) is 0 Å². The molecule has 1 aliphatic rings. The molecule has 1 fully saturated rings. The Morgan fingerprint density at radius 3 is 2.69 bits per heavy atom. The zero-order valence-corrected chi connectivity index (χ0v) is 8.17. The highest BCUT2D eigenvalue weighted by Gasteiger charge is 2.32. The second-order valence-corrected chi connectivity index (χ2v) is 4.00. The van der Waals surface area contributed by atoms with E-state index in [9.17, 15) is 0 Å². The number of nitrogens with two attached hydrogens (primary N) is 1. The molecule has 3 N–H and O–H groups in total. The van der Waals surface area contributed by atoms with Crippen LogP contribution in [0.3, 0.4) is 0 Å². The van der Waals surface area contributed by atoms with Crippen LogP contribution in [0, 0.1) is 12.8 Å². The number of para-hydroxylation sites is 1. The van der Waals surface area contributed by atoms with Gasteiger partial charge >= 0.3 is 0 Å². The van der Waals surface area contributed by atoms with E-state index in [2.05, 4.69) is 25.2 Å². The molecule has 2 unspecified atom stereocenters. The third kappa shape index (κ3) is 1.62. The van der Waals surface area contributed by atoms with Gasteiger partial charge in [-0.05, 0) is 30.9 Å². The summed E-state index contributed by atoms with van der Waals surface area (Å²) < 4.78 is 0. The Morgan fingerprint density at radius 1 is 1.46 bits per heavy atom. The Morgan fingerprint density at radius 2 is 2.15 bits per heavy atom. The van der Waals surface area contributed by atoms with Gasteiger partial charge in [-0.1, -0.05) is 19.1 Å². The number of rotatable bonds is 2. The third-order valence-electron chi connectivity index (χ3n) is 2.74. The van der Waals surface area contributed by atoms with Crippen molar-refractivity contribution in [2.45, 2.75) is 26.3 Å². The molecule has 0 saturated heterocycles. The summed E-state index contributed by atoms with van der Waals surface area (Å²) in [5.41, 5.74) is 9.10. The number of hydrogen-bond donors (Lipinski definition) is 2. The summed E-state index contributed by atoms with van der Waals surface area (Å²) in [6.07, 6.45) is 1.27. The molecule has 2 nitrogen and oxygen atoms in total. The van der Waals surface area contributed by atoms with Crippen LogP contribution in [0.1, 0.15) is 18.9 Å². The molecule has 0 radical (unpaired) electrons. The Kier molecular flexibility index (Phi) is 1.91. The van der Waals surface area contributed by atoms with E-state index in [-0.39, 0.29) is 0 Å². The van der Waals surface area contributed by atoms with Crippen LogP contribution in [-0.2, 0) is 0 Å². The number of nitrogens with one attached hydrogen (secondary N) is 1. The van der Waals surface area contributed by atoms with E-state index < -0.39 is 0 Å². The monoisotopic (exact) mass is 176 g/mol. The molecule has 1 aromatic rings. The molecule has 1 aliphatic carbocycles. The zero-order chi connectivity index (χ0) is 9.42. The van der Waals surface area contributed by atoms with Crippen molar-refractivity contribution in [3.8, 4) is 0 Å². The highest BCUT2D eigenvalue weighted by Crippen LogP contribution is 2.35. The fraction of sp³-hybridized carbons (Fsp3) is 0.455. The molecule has 1 saturated carbocycles. The minimum absolute atomic E-state index is 0.642. The molecule has 0 amide bonds. The summed E-state index contributed by atoms with van der Waals surface area (Å²) in [6.45, 7) is 4.35. The zero-order valence-electron chi connectivity index (χ0n) is 8.17. The lowest BCUT2D eigenvalue weighted by atomic mass is 10.1. The summed E-state index contributed by atoms with van der Waals surface area (Å²) in [6, 6.07) is 6.67. The van der Waals surface area contributed by atoms with Crippen LogP contribution in [0.5, 0.6) is 0 Å². The van der Waals surface area contributed by atoms with Crippen molar-refractivity contribution in [3.63, 3.8) is 0 Å². The summed E-state index contributed by atoms with van der Waals surface area (Å²) in [5.74, 6) is 0.805. The van der Waals surface area contributed by atoms with E-state index in [1.807, 2.05) is 12.1 Å². The Bertz CT molecular complexity index is 300. The molecule has 0 spiro atoms. The molecule has 0 aromatic heterocycles. The fourth-order valence-electron chi connectivity index (χ4n) is 1.60. The van der Waals surface area contributed by atoms with Crippen molar-refractivity contribution in [2.75, 3.05) is 11.1 Å². The normalized spacial score (nSPS) is 25.7. The number of anilines is 2. The van der Waals surface area contributed by atoms with Gasteiger partial charge in [-0.25, -0.2) is 0 Å². The predicted octanol–water partition coefficient (Wildman–Crippen LogP) is 2.40. The Balaban J connectivity index is 2.18. The number of benzene rings is 1. The standard InChI is InChI=1S/C11H16N2/c1-7-4-3-5-9(12)11(7)13-10-6-8(10)2/h3-5,8,10,13H,6,12H2,1-2H3.